The number of rotatable bonds is 3. The molecule has 23 heavy (non-hydrogen) atoms. The number of urea groups is 1. The molecule has 4 nitrogen and oxygen atoms in total. The molecule has 0 spiro atoms. The lowest BCUT2D eigenvalue weighted by Crippen LogP contribution is -2.51. The number of carbonyl (C=O) groups excluding carboxylic acids is 1. The van der Waals surface area contributed by atoms with Crippen molar-refractivity contribution in [3.63, 3.8) is 0 Å². The lowest BCUT2D eigenvalue weighted by Gasteiger charge is -2.34. The first-order chi connectivity index (χ1) is 11.2. The van der Waals surface area contributed by atoms with Gasteiger partial charge in [0.15, 0.2) is 0 Å². The summed E-state index contributed by atoms with van der Waals surface area (Å²) in [7, 11) is 0. The Labute approximate surface area is 139 Å². The van der Waals surface area contributed by atoms with E-state index in [2.05, 4.69) is 42.3 Å². The van der Waals surface area contributed by atoms with Crippen molar-refractivity contribution in [1.82, 2.24) is 15.1 Å². The van der Waals surface area contributed by atoms with Gasteiger partial charge in [0.25, 0.3) is 0 Å². The third-order valence-electron chi connectivity index (χ3n) is 5.32. The van der Waals surface area contributed by atoms with Crippen molar-refractivity contribution in [3.05, 3.63) is 34.9 Å². The maximum absolute atomic E-state index is 12.5. The van der Waals surface area contributed by atoms with Crippen molar-refractivity contribution >= 4 is 6.03 Å². The van der Waals surface area contributed by atoms with Crippen LogP contribution in [-0.4, -0.2) is 48.6 Å². The zero-order valence-electron chi connectivity index (χ0n) is 14.5. The first kappa shape index (κ1) is 16.3. The minimum absolute atomic E-state index is 0.0685. The van der Waals surface area contributed by atoms with Crippen LogP contribution in [0.4, 0.5) is 4.79 Å². The predicted octanol–water partition coefficient (Wildman–Crippen LogP) is 2.97. The van der Waals surface area contributed by atoms with Crippen LogP contribution in [0, 0.1) is 0 Å². The standard InChI is InChI=1S/C19H29N3O/c1-3-21-10-12-22(13-11-21)19(23)20-15(2)17-9-8-16-6-4-5-7-18(16)14-17/h8-9,14-15H,3-7,10-13H2,1-2H3,(H,20,23). The fourth-order valence-electron chi connectivity index (χ4n) is 3.65. The molecule has 1 fully saturated rings. The molecular weight excluding hydrogens is 286 g/mol. The van der Waals surface area contributed by atoms with E-state index in [1.165, 1.54) is 42.4 Å². The van der Waals surface area contributed by atoms with Gasteiger partial charge >= 0.3 is 6.03 Å². The second-order valence-corrected chi connectivity index (χ2v) is 6.83. The van der Waals surface area contributed by atoms with Crippen LogP contribution in [0.15, 0.2) is 18.2 Å². The highest BCUT2D eigenvalue weighted by molar-refractivity contribution is 5.74. The maximum atomic E-state index is 12.5. The number of aryl methyl sites for hydroxylation is 2. The fraction of sp³-hybridized carbons (Fsp3) is 0.632. The summed E-state index contributed by atoms with van der Waals surface area (Å²) in [5.41, 5.74) is 4.20. The Hall–Kier alpha value is -1.55. The highest BCUT2D eigenvalue weighted by Crippen LogP contribution is 2.24. The molecule has 126 valence electrons. The fourth-order valence-corrected chi connectivity index (χ4v) is 3.65. The van der Waals surface area contributed by atoms with Gasteiger partial charge in [0.2, 0.25) is 0 Å². The molecule has 2 amide bonds. The lowest BCUT2D eigenvalue weighted by atomic mass is 9.89. The Bertz CT molecular complexity index is 550. The van der Waals surface area contributed by atoms with E-state index >= 15 is 0 Å². The van der Waals surface area contributed by atoms with Crippen molar-refractivity contribution in [2.24, 2.45) is 0 Å². The molecule has 1 atom stereocenters. The molecule has 0 radical (unpaired) electrons. The highest BCUT2D eigenvalue weighted by atomic mass is 16.2. The molecule has 0 aromatic heterocycles. The number of amides is 2. The van der Waals surface area contributed by atoms with E-state index in [0.29, 0.717) is 0 Å². The van der Waals surface area contributed by atoms with Crippen LogP contribution in [-0.2, 0) is 12.8 Å². The van der Waals surface area contributed by atoms with Gasteiger partial charge < -0.3 is 15.1 Å². The van der Waals surface area contributed by atoms with Crippen LogP contribution in [0.3, 0.4) is 0 Å². The summed E-state index contributed by atoms with van der Waals surface area (Å²) in [5.74, 6) is 0. The summed E-state index contributed by atoms with van der Waals surface area (Å²) < 4.78 is 0. The van der Waals surface area contributed by atoms with E-state index in [-0.39, 0.29) is 12.1 Å². The SMILES string of the molecule is CCN1CCN(C(=O)NC(C)c2ccc3c(c2)CCCC3)CC1. The average Bonchev–Trinajstić information content (AvgIpc) is 2.61. The second kappa shape index (κ2) is 7.35. The third-order valence-corrected chi connectivity index (χ3v) is 5.32. The van der Waals surface area contributed by atoms with Gasteiger partial charge in [0, 0.05) is 26.2 Å². The monoisotopic (exact) mass is 315 g/mol. The number of hydrogen-bond donors (Lipinski definition) is 1. The van der Waals surface area contributed by atoms with E-state index in [1.54, 1.807) is 0 Å². The molecule has 0 saturated carbocycles. The number of benzene rings is 1. The van der Waals surface area contributed by atoms with Crippen molar-refractivity contribution in [3.8, 4) is 0 Å². The van der Waals surface area contributed by atoms with Crippen LogP contribution in [0.25, 0.3) is 0 Å². The Kier molecular flexibility index (Phi) is 5.21. The van der Waals surface area contributed by atoms with Gasteiger partial charge in [0.05, 0.1) is 6.04 Å². The van der Waals surface area contributed by atoms with Gasteiger partial charge in [-0.3, -0.25) is 0 Å². The summed E-state index contributed by atoms with van der Waals surface area (Å²) in [6, 6.07) is 6.88. The zero-order chi connectivity index (χ0) is 16.2. The van der Waals surface area contributed by atoms with Gasteiger partial charge in [-0.15, -0.1) is 0 Å². The summed E-state index contributed by atoms with van der Waals surface area (Å²) in [5, 5.41) is 3.17. The van der Waals surface area contributed by atoms with Crippen molar-refractivity contribution in [2.75, 3.05) is 32.7 Å². The predicted molar refractivity (Wildman–Crippen MR) is 93.7 cm³/mol. The van der Waals surface area contributed by atoms with Crippen molar-refractivity contribution in [2.45, 2.75) is 45.6 Å². The summed E-state index contributed by atoms with van der Waals surface area (Å²) in [6.45, 7) is 8.96. The molecule has 1 saturated heterocycles. The van der Waals surface area contributed by atoms with E-state index in [0.717, 1.165) is 32.7 Å². The molecule has 1 heterocycles. The quantitative estimate of drug-likeness (QED) is 0.931. The molecule has 1 unspecified atom stereocenters. The number of fused-ring (bicyclic) bond motifs is 1. The molecule has 3 rings (SSSR count). The Morgan fingerprint density at radius 2 is 1.83 bits per heavy atom. The van der Waals surface area contributed by atoms with Gasteiger partial charge in [-0.1, -0.05) is 25.1 Å². The van der Waals surface area contributed by atoms with Crippen LogP contribution in [0.5, 0.6) is 0 Å². The topological polar surface area (TPSA) is 35.6 Å². The molecule has 1 aromatic carbocycles. The van der Waals surface area contributed by atoms with Gasteiger partial charge in [0.1, 0.15) is 0 Å². The highest BCUT2D eigenvalue weighted by Gasteiger charge is 2.22. The number of piperazine rings is 1. The second-order valence-electron chi connectivity index (χ2n) is 6.83. The van der Waals surface area contributed by atoms with Crippen molar-refractivity contribution in [1.29, 1.82) is 0 Å². The van der Waals surface area contributed by atoms with Gasteiger partial charge in [-0.25, -0.2) is 4.79 Å². The van der Waals surface area contributed by atoms with Crippen LogP contribution >= 0.6 is 0 Å². The van der Waals surface area contributed by atoms with Crippen molar-refractivity contribution < 1.29 is 4.79 Å². The largest absolute Gasteiger partial charge is 0.331 e. The van der Waals surface area contributed by atoms with E-state index in [9.17, 15) is 4.79 Å². The third kappa shape index (κ3) is 3.86. The zero-order valence-corrected chi connectivity index (χ0v) is 14.5. The first-order valence-corrected chi connectivity index (χ1v) is 9.07. The smallest absolute Gasteiger partial charge is 0.317 e. The molecule has 1 N–H and O–H groups in total. The van der Waals surface area contributed by atoms with E-state index in [1.807, 2.05) is 4.90 Å². The number of nitrogens with zero attached hydrogens (tertiary/aromatic N) is 2. The molecular formula is C19H29N3O. The Balaban J connectivity index is 1.58. The Morgan fingerprint density at radius 3 is 2.52 bits per heavy atom. The summed E-state index contributed by atoms with van der Waals surface area (Å²) in [6.07, 6.45) is 4.99. The molecule has 0 bridgehead atoms. The van der Waals surface area contributed by atoms with E-state index in [4.69, 9.17) is 0 Å². The van der Waals surface area contributed by atoms with Crippen LogP contribution in [0.2, 0.25) is 0 Å². The van der Waals surface area contributed by atoms with Crippen LogP contribution < -0.4 is 5.32 Å². The van der Waals surface area contributed by atoms with Gasteiger partial charge in [-0.05, 0) is 55.8 Å². The van der Waals surface area contributed by atoms with Crippen LogP contribution in [0.1, 0.15) is 49.4 Å². The Morgan fingerprint density at radius 1 is 1.13 bits per heavy atom. The van der Waals surface area contributed by atoms with E-state index < -0.39 is 0 Å². The number of carbonyl (C=O) groups is 1. The molecule has 4 heteroatoms. The number of likely N-dealkylation sites (N-methyl/N-ethyl adjacent to an activating group) is 1. The number of nitrogens with one attached hydrogen (secondary N) is 1. The molecule has 2 aliphatic rings. The summed E-state index contributed by atoms with van der Waals surface area (Å²) in [4.78, 5) is 16.8. The molecule has 1 aliphatic heterocycles. The normalized spacial score (nSPS) is 20.0. The molecule has 1 aliphatic carbocycles. The average molecular weight is 315 g/mol. The minimum Gasteiger partial charge on any atom is -0.331 e. The summed E-state index contributed by atoms with van der Waals surface area (Å²) >= 11 is 0. The van der Waals surface area contributed by atoms with Gasteiger partial charge in [-0.2, -0.15) is 0 Å². The molecule has 1 aromatic rings. The minimum atomic E-state index is 0.0685. The lowest BCUT2D eigenvalue weighted by molar-refractivity contribution is 0.141. The number of hydrogen-bond acceptors (Lipinski definition) is 2. The maximum Gasteiger partial charge on any atom is 0.317 e. The first-order valence-electron chi connectivity index (χ1n) is 9.07.